The number of methoxy groups -OCH3 is 2. The Hall–Kier alpha value is -3.88. The molecule has 0 radical (unpaired) electrons. The minimum absolute atomic E-state index is 0.103. The first-order valence-electron chi connectivity index (χ1n) is 11.6. The first-order valence-corrected chi connectivity index (χ1v) is 11.6. The van der Waals surface area contributed by atoms with Crippen molar-refractivity contribution >= 4 is 35.0 Å². The lowest BCUT2D eigenvalue weighted by atomic mass is 9.72. The molecule has 0 bridgehead atoms. The fourth-order valence-electron chi connectivity index (χ4n) is 4.81. The molecule has 2 aliphatic heterocycles. The lowest BCUT2D eigenvalue weighted by Crippen LogP contribution is -2.51. The number of ether oxygens (including phenoxy) is 2. The number of benzene rings is 2. The molecule has 2 aliphatic rings. The molecule has 2 aromatic carbocycles. The van der Waals surface area contributed by atoms with Gasteiger partial charge >= 0.3 is 0 Å². The van der Waals surface area contributed by atoms with E-state index in [-0.39, 0.29) is 36.6 Å². The lowest BCUT2D eigenvalue weighted by Gasteiger charge is -2.35. The number of imide groups is 1. The summed E-state index contributed by atoms with van der Waals surface area (Å²) in [5.74, 6) is -0.374. The largest absolute Gasteiger partial charge is 0.493 e. The standard InChI is InChI=1S/C26H29N3O6/c1-4-26(12-11-22(30)28-25(26)33)17-5-7-18(8-6-17)27-24(32)16-13-23(31)29(15-16)19-9-10-20(34-2)21(14-19)35-3/h5-10,14,16H,4,11-13,15H2,1-3H3,(H,27,32)(H,28,30,33). The van der Waals surface area contributed by atoms with Crippen molar-refractivity contribution in [2.75, 3.05) is 31.0 Å². The highest BCUT2D eigenvalue weighted by atomic mass is 16.5. The Bertz CT molecular complexity index is 1160. The van der Waals surface area contributed by atoms with Crippen LogP contribution in [-0.2, 0) is 24.6 Å². The van der Waals surface area contributed by atoms with Crippen molar-refractivity contribution in [1.82, 2.24) is 5.32 Å². The highest BCUT2D eigenvalue weighted by molar-refractivity contribution is 6.04. The van der Waals surface area contributed by atoms with Gasteiger partial charge in [0.25, 0.3) is 0 Å². The maximum Gasteiger partial charge on any atom is 0.237 e. The van der Waals surface area contributed by atoms with Gasteiger partial charge in [0.1, 0.15) is 0 Å². The lowest BCUT2D eigenvalue weighted by molar-refractivity contribution is -0.138. The topological polar surface area (TPSA) is 114 Å². The van der Waals surface area contributed by atoms with Gasteiger partial charge in [0.05, 0.1) is 25.6 Å². The molecule has 0 saturated carbocycles. The molecule has 2 aromatic rings. The van der Waals surface area contributed by atoms with Crippen LogP contribution in [0.25, 0.3) is 0 Å². The number of carbonyl (C=O) groups is 4. The normalized spacial score (nSPS) is 22.1. The van der Waals surface area contributed by atoms with Crippen LogP contribution in [0, 0.1) is 5.92 Å². The minimum Gasteiger partial charge on any atom is -0.493 e. The van der Waals surface area contributed by atoms with Gasteiger partial charge in [-0.1, -0.05) is 19.1 Å². The van der Waals surface area contributed by atoms with Crippen LogP contribution in [0.5, 0.6) is 11.5 Å². The average molecular weight is 480 g/mol. The van der Waals surface area contributed by atoms with Crippen molar-refractivity contribution in [2.45, 2.75) is 38.0 Å². The Morgan fingerprint density at radius 2 is 1.80 bits per heavy atom. The Morgan fingerprint density at radius 3 is 2.43 bits per heavy atom. The maximum atomic E-state index is 12.9. The molecule has 2 N–H and O–H groups in total. The third-order valence-electron chi connectivity index (χ3n) is 6.95. The molecular formula is C26H29N3O6. The summed E-state index contributed by atoms with van der Waals surface area (Å²) < 4.78 is 10.6. The molecule has 9 heteroatoms. The van der Waals surface area contributed by atoms with Gasteiger partial charge < -0.3 is 19.7 Å². The molecule has 2 heterocycles. The van der Waals surface area contributed by atoms with Gasteiger partial charge in [-0.2, -0.15) is 0 Å². The van der Waals surface area contributed by atoms with Gasteiger partial charge in [0, 0.05) is 36.8 Å². The second kappa shape index (κ2) is 9.77. The van der Waals surface area contributed by atoms with Gasteiger partial charge in [-0.3, -0.25) is 24.5 Å². The molecule has 0 aromatic heterocycles. The van der Waals surface area contributed by atoms with E-state index in [2.05, 4.69) is 10.6 Å². The van der Waals surface area contributed by atoms with Gasteiger partial charge in [0.2, 0.25) is 23.6 Å². The van der Waals surface area contributed by atoms with E-state index in [1.807, 2.05) is 19.1 Å². The van der Waals surface area contributed by atoms with Crippen LogP contribution in [0.1, 0.15) is 38.2 Å². The molecule has 2 fully saturated rings. The molecule has 9 nitrogen and oxygen atoms in total. The van der Waals surface area contributed by atoms with Crippen molar-refractivity contribution in [2.24, 2.45) is 5.92 Å². The van der Waals surface area contributed by atoms with E-state index in [1.165, 1.54) is 7.11 Å². The Labute approximate surface area is 203 Å². The van der Waals surface area contributed by atoms with Crippen LogP contribution in [0.3, 0.4) is 0 Å². The zero-order chi connectivity index (χ0) is 25.2. The summed E-state index contributed by atoms with van der Waals surface area (Å²) in [5, 5.41) is 5.32. The number of nitrogens with zero attached hydrogens (tertiary/aromatic N) is 1. The highest BCUT2D eigenvalue weighted by Gasteiger charge is 2.42. The quantitative estimate of drug-likeness (QED) is 0.591. The SMILES string of the molecule is CCC1(c2ccc(NC(=O)C3CC(=O)N(c4ccc(OC)c(OC)c4)C3)cc2)CCC(=O)NC1=O. The van der Waals surface area contributed by atoms with Crippen molar-refractivity contribution in [1.29, 1.82) is 0 Å². The van der Waals surface area contributed by atoms with Crippen LogP contribution in [0.15, 0.2) is 42.5 Å². The van der Waals surface area contributed by atoms with Crippen LogP contribution >= 0.6 is 0 Å². The summed E-state index contributed by atoms with van der Waals surface area (Å²) in [6, 6.07) is 12.3. The summed E-state index contributed by atoms with van der Waals surface area (Å²) in [7, 11) is 3.07. The van der Waals surface area contributed by atoms with Crippen LogP contribution in [0.4, 0.5) is 11.4 Å². The van der Waals surface area contributed by atoms with Gasteiger partial charge in [0.15, 0.2) is 11.5 Å². The first-order chi connectivity index (χ1) is 16.8. The molecular weight excluding hydrogens is 450 g/mol. The number of rotatable bonds is 7. The van der Waals surface area contributed by atoms with E-state index < -0.39 is 11.3 Å². The average Bonchev–Trinajstić information content (AvgIpc) is 3.26. The number of hydrogen-bond acceptors (Lipinski definition) is 6. The zero-order valence-corrected chi connectivity index (χ0v) is 20.1. The molecule has 2 unspecified atom stereocenters. The van der Waals surface area contributed by atoms with Crippen molar-refractivity contribution in [3.63, 3.8) is 0 Å². The third kappa shape index (κ3) is 4.58. The molecule has 4 rings (SSSR count). The summed E-state index contributed by atoms with van der Waals surface area (Å²) in [6.07, 6.45) is 1.42. The first kappa shape index (κ1) is 24.3. The van der Waals surface area contributed by atoms with Gasteiger partial charge in [-0.25, -0.2) is 0 Å². The van der Waals surface area contributed by atoms with Gasteiger partial charge in [-0.15, -0.1) is 0 Å². The summed E-state index contributed by atoms with van der Waals surface area (Å²) in [5.41, 5.74) is 1.27. The summed E-state index contributed by atoms with van der Waals surface area (Å²) in [4.78, 5) is 51.3. The van der Waals surface area contributed by atoms with E-state index in [0.29, 0.717) is 42.1 Å². The zero-order valence-electron chi connectivity index (χ0n) is 20.1. The van der Waals surface area contributed by atoms with E-state index in [1.54, 1.807) is 42.3 Å². The van der Waals surface area contributed by atoms with E-state index >= 15 is 0 Å². The number of piperidine rings is 1. The number of nitrogens with one attached hydrogen (secondary N) is 2. The third-order valence-corrected chi connectivity index (χ3v) is 6.95. The molecule has 0 aliphatic carbocycles. The number of anilines is 2. The highest BCUT2D eigenvalue weighted by Crippen LogP contribution is 2.37. The smallest absolute Gasteiger partial charge is 0.237 e. The Morgan fingerprint density at radius 1 is 1.09 bits per heavy atom. The van der Waals surface area contributed by atoms with Crippen LogP contribution in [0.2, 0.25) is 0 Å². The van der Waals surface area contributed by atoms with Crippen LogP contribution in [-0.4, -0.2) is 44.4 Å². The summed E-state index contributed by atoms with van der Waals surface area (Å²) >= 11 is 0. The number of carbonyl (C=O) groups excluding carboxylic acids is 4. The fraction of sp³-hybridized carbons (Fsp3) is 0.385. The maximum absolute atomic E-state index is 12.9. The second-order valence-corrected chi connectivity index (χ2v) is 8.82. The van der Waals surface area contributed by atoms with Gasteiger partial charge in [-0.05, 0) is 42.7 Å². The molecule has 4 amide bonds. The van der Waals surface area contributed by atoms with Crippen molar-refractivity contribution < 1.29 is 28.7 Å². The van der Waals surface area contributed by atoms with Crippen LogP contribution < -0.4 is 25.0 Å². The van der Waals surface area contributed by atoms with Crippen molar-refractivity contribution in [3.8, 4) is 11.5 Å². The second-order valence-electron chi connectivity index (χ2n) is 8.82. The van der Waals surface area contributed by atoms with E-state index in [9.17, 15) is 19.2 Å². The minimum atomic E-state index is -0.756. The predicted molar refractivity (Wildman–Crippen MR) is 129 cm³/mol. The molecule has 35 heavy (non-hydrogen) atoms. The number of hydrogen-bond donors (Lipinski definition) is 2. The molecule has 2 saturated heterocycles. The Kier molecular flexibility index (Phi) is 6.77. The van der Waals surface area contributed by atoms with E-state index in [0.717, 1.165) is 5.56 Å². The molecule has 184 valence electrons. The monoisotopic (exact) mass is 479 g/mol. The number of amides is 4. The Balaban J connectivity index is 1.44. The van der Waals surface area contributed by atoms with E-state index in [4.69, 9.17) is 9.47 Å². The predicted octanol–water partition coefficient (Wildman–Crippen LogP) is 2.78. The molecule has 2 atom stereocenters. The molecule has 0 spiro atoms. The van der Waals surface area contributed by atoms with Crippen molar-refractivity contribution in [3.05, 3.63) is 48.0 Å². The fourth-order valence-corrected chi connectivity index (χ4v) is 4.81. The summed E-state index contributed by atoms with van der Waals surface area (Å²) in [6.45, 7) is 2.18.